The Morgan fingerprint density at radius 3 is 1.88 bits per heavy atom. The van der Waals surface area contributed by atoms with E-state index in [4.69, 9.17) is 9.47 Å². The van der Waals surface area contributed by atoms with Gasteiger partial charge in [-0.25, -0.2) is 9.68 Å². The molecule has 1 unspecified atom stereocenters. The number of carbonyl (C=O) groups is 1. The molecule has 0 aliphatic heterocycles. The number of ether oxygens (including phenoxy) is 2. The number of allylic oxidation sites excluding steroid dienone is 1. The Bertz CT molecular complexity index is 1140. The zero-order valence-corrected chi connectivity index (χ0v) is 18.0. The van der Waals surface area contributed by atoms with Gasteiger partial charge >= 0.3 is 5.97 Å². The average Bonchev–Trinajstić information content (AvgIpc) is 2.86. The van der Waals surface area contributed by atoms with Gasteiger partial charge in [-0.15, -0.1) is 0 Å². The molecule has 0 saturated heterocycles. The molecule has 3 rings (SSSR count). The van der Waals surface area contributed by atoms with Crippen LogP contribution in [0.2, 0.25) is 0 Å². The Morgan fingerprint density at radius 1 is 0.788 bits per heavy atom. The smallest absolute Gasteiger partial charge is 0.335 e. The van der Waals surface area contributed by atoms with Gasteiger partial charge in [-0.05, 0) is 58.7 Å². The monoisotopic (exact) mass is 440 g/mol. The van der Waals surface area contributed by atoms with Crippen LogP contribution in [0.25, 0.3) is 17.2 Å². The maximum Gasteiger partial charge on any atom is 0.335 e. The van der Waals surface area contributed by atoms with Gasteiger partial charge in [0.25, 0.3) is 0 Å². The maximum absolute atomic E-state index is 11.3. The second kappa shape index (κ2) is 11.4. The molecule has 0 radical (unpaired) electrons. The molecule has 1 atom stereocenters. The molecule has 0 bridgehead atoms. The molecule has 33 heavy (non-hydrogen) atoms. The van der Waals surface area contributed by atoms with Crippen LogP contribution in [0.1, 0.15) is 17.2 Å². The molecule has 0 aliphatic carbocycles. The molecule has 166 valence electrons. The minimum Gasteiger partial charge on any atom is -0.458 e. The van der Waals surface area contributed by atoms with Crippen molar-refractivity contribution in [1.29, 1.82) is 0 Å². The fourth-order valence-corrected chi connectivity index (χ4v) is 2.98. The first kappa shape index (κ1) is 23.5. The largest absolute Gasteiger partial charge is 0.458 e. The van der Waals surface area contributed by atoms with Gasteiger partial charge in [0.1, 0.15) is 23.4 Å². The lowest BCUT2D eigenvalue weighted by atomic mass is 10.0. The lowest BCUT2D eigenvalue weighted by Crippen LogP contribution is -2.03. The Hall–Kier alpha value is -4.19. The SMILES string of the molecule is C=CC(=C)Oc1ccc(-c2ccc(/C=C/C(OO)c3ccc(OC(=O)C=C)cc3)cc2)cc1. The third-order valence-corrected chi connectivity index (χ3v) is 4.75. The standard InChI is InChI=1S/C28H24O5/c1-4-20(3)31-25-15-11-23(12-16-25)22-9-6-21(7-10-22)8-19-27(33-30)24-13-17-26(18-14-24)32-28(29)5-2/h4-19,27,30H,1-3H2/b19-8+. The van der Waals surface area contributed by atoms with E-state index < -0.39 is 12.1 Å². The van der Waals surface area contributed by atoms with Crippen LogP contribution in [0.3, 0.4) is 0 Å². The lowest BCUT2D eigenvalue weighted by Gasteiger charge is -2.10. The van der Waals surface area contributed by atoms with Gasteiger partial charge in [-0.2, -0.15) is 0 Å². The van der Waals surface area contributed by atoms with Crippen molar-refractivity contribution in [1.82, 2.24) is 0 Å². The molecule has 0 saturated carbocycles. The first-order valence-corrected chi connectivity index (χ1v) is 10.1. The number of hydrogen-bond donors (Lipinski definition) is 1. The number of carbonyl (C=O) groups excluding carboxylic acids is 1. The second-order valence-corrected chi connectivity index (χ2v) is 7.00. The molecule has 0 amide bonds. The van der Waals surface area contributed by atoms with Crippen molar-refractivity contribution in [2.75, 3.05) is 0 Å². The van der Waals surface area contributed by atoms with E-state index in [-0.39, 0.29) is 0 Å². The predicted octanol–water partition coefficient (Wildman–Crippen LogP) is 6.77. The molecule has 0 fully saturated rings. The number of hydrogen-bond acceptors (Lipinski definition) is 5. The van der Waals surface area contributed by atoms with Gasteiger partial charge in [0.05, 0.1) is 0 Å². The average molecular weight is 440 g/mol. The van der Waals surface area contributed by atoms with Crippen molar-refractivity contribution in [2.24, 2.45) is 0 Å². The molecular weight excluding hydrogens is 416 g/mol. The summed E-state index contributed by atoms with van der Waals surface area (Å²) in [6.45, 7) is 10.7. The molecular formula is C28H24O5. The van der Waals surface area contributed by atoms with Gasteiger partial charge in [-0.1, -0.05) is 74.3 Å². The van der Waals surface area contributed by atoms with Crippen LogP contribution in [0.5, 0.6) is 11.5 Å². The molecule has 5 nitrogen and oxygen atoms in total. The van der Waals surface area contributed by atoms with Crippen LogP contribution in [0.4, 0.5) is 0 Å². The summed E-state index contributed by atoms with van der Waals surface area (Å²) >= 11 is 0. The van der Waals surface area contributed by atoms with Gasteiger partial charge in [0.15, 0.2) is 0 Å². The van der Waals surface area contributed by atoms with Crippen LogP contribution in [0.15, 0.2) is 117 Å². The zero-order valence-electron chi connectivity index (χ0n) is 18.0. The maximum atomic E-state index is 11.3. The highest BCUT2D eigenvalue weighted by molar-refractivity contribution is 5.83. The highest BCUT2D eigenvalue weighted by atomic mass is 17.1. The Balaban J connectivity index is 1.66. The summed E-state index contributed by atoms with van der Waals surface area (Å²) in [6.07, 6.45) is 5.56. The van der Waals surface area contributed by atoms with E-state index in [1.807, 2.05) is 54.6 Å². The van der Waals surface area contributed by atoms with Crippen molar-refractivity contribution < 1.29 is 24.4 Å². The van der Waals surface area contributed by atoms with Crippen LogP contribution in [0, 0.1) is 0 Å². The van der Waals surface area contributed by atoms with E-state index in [1.54, 1.807) is 36.4 Å². The zero-order chi connectivity index (χ0) is 23.6. The Morgan fingerprint density at radius 2 is 1.33 bits per heavy atom. The lowest BCUT2D eigenvalue weighted by molar-refractivity contribution is -0.268. The molecule has 3 aromatic carbocycles. The van der Waals surface area contributed by atoms with Gasteiger partial charge in [-0.3, -0.25) is 5.26 Å². The normalized spacial score (nSPS) is 11.5. The van der Waals surface area contributed by atoms with Crippen molar-refractivity contribution in [3.8, 4) is 22.6 Å². The highest BCUT2D eigenvalue weighted by Crippen LogP contribution is 2.25. The number of esters is 1. The molecule has 5 heteroatoms. The number of rotatable bonds is 10. The summed E-state index contributed by atoms with van der Waals surface area (Å²) in [5, 5.41) is 9.32. The summed E-state index contributed by atoms with van der Waals surface area (Å²) in [5.74, 6) is 1.04. The van der Waals surface area contributed by atoms with E-state index >= 15 is 0 Å². The van der Waals surface area contributed by atoms with Crippen molar-refractivity contribution in [3.05, 3.63) is 128 Å². The van der Waals surface area contributed by atoms with E-state index in [2.05, 4.69) is 24.6 Å². The van der Waals surface area contributed by atoms with Gasteiger partial charge in [0.2, 0.25) is 0 Å². The van der Waals surface area contributed by atoms with Crippen molar-refractivity contribution in [3.63, 3.8) is 0 Å². The summed E-state index contributed by atoms with van der Waals surface area (Å²) < 4.78 is 10.6. The first-order chi connectivity index (χ1) is 16.0. The minimum absolute atomic E-state index is 0.380. The van der Waals surface area contributed by atoms with Gasteiger partial charge in [0, 0.05) is 6.08 Å². The molecule has 0 heterocycles. The van der Waals surface area contributed by atoms with Gasteiger partial charge < -0.3 is 9.47 Å². The third-order valence-electron chi connectivity index (χ3n) is 4.75. The first-order valence-electron chi connectivity index (χ1n) is 10.1. The molecule has 0 aliphatic rings. The quantitative estimate of drug-likeness (QED) is 0.0717. The van der Waals surface area contributed by atoms with Crippen LogP contribution < -0.4 is 9.47 Å². The topological polar surface area (TPSA) is 65.0 Å². The van der Waals surface area contributed by atoms with Crippen molar-refractivity contribution >= 4 is 12.0 Å². The number of benzene rings is 3. The molecule has 1 N–H and O–H groups in total. The summed E-state index contributed by atoms with van der Waals surface area (Å²) in [4.78, 5) is 15.9. The molecule has 3 aromatic rings. The Labute approximate surface area is 193 Å². The summed E-state index contributed by atoms with van der Waals surface area (Å²) in [7, 11) is 0. The second-order valence-electron chi connectivity index (χ2n) is 7.00. The van der Waals surface area contributed by atoms with E-state index in [0.717, 1.165) is 22.8 Å². The fourth-order valence-electron chi connectivity index (χ4n) is 2.98. The Kier molecular flexibility index (Phi) is 8.13. The van der Waals surface area contributed by atoms with E-state index in [1.165, 1.54) is 0 Å². The third kappa shape index (κ3) is 6.64. The fraction of sp³-hybridized carbons (Fsp3) is 0.0357. The van der Waals surface area contributed by atoms with Crippen molar-refractivity contribution in [2.45, 2.75) is 6.10 Å². The van der Waals surface area contributed by atoms with Crippen LogP contribution in [-0.4, -0.2) is 11.2 Å². The summed E-state index contributed by atoms with van der Waals surface area (Å²) in [5.41, 5.74) is 3.75. The predicted molar refractivity (Wildman–Crippen MR) is 130 cm³/mol. The molecule has 0 aromatic heterocycles. The van der Waals surface area contributed by atoms with Crippen LogP contribution in [-0.2, 0) is 9.68 Å². The molecule has 0 spiro atoms. The highest BCUT2D eigenvalue weighted by Gasteiger charge is 2.09. The summed E-state index contributed by atoms with van der Waals surface area (Å²) in [6, 6.07) is 22.3. The van der Waals surface area contributed by atoms with Crippen LogP contribution >= 0.6 is 0 Å². The van der Waals surface area contributed by atoms with E-state index in [0.29, 0.717) is 22.8 Å². The van der Waals surface area contributed by atoms with E-state index in [9.17, 15) is 10.1 Å². The minimum atomic E-state index is -0.674.